The first-order valence-electron chi connectivity index (χ1n) is 7.81. The van der Waals surface area contributed by atoms with Crippen LogP contribution in [0, 0.1) is 5.92 Å². The molecule has 0 spiro atoms. The molecule has 122 valence electrons. The number of nitrogens with two attached hydrogens (primary N) is 1. The summed E-state index contributed by atoms with van der Waals surface area (Å²) in [5.74, 6) is 0.710. The van der Waals surface area contributed by atoms with Crippen molar-refractivity contribution in [2.75, 3.05) is 11.5 Å². The van der Waals surface area contributed by atoms with Crippen LogP contribution < -0.4 is 5.73 Å². The van der Waals surface area contributed by atoms with Gasteiger partial charge in [-0.3, -0.25) is 0 Å². The van der Waals surface area contributed by atoms with Gasteiger partial charge in [-0.1, -0.05) is 11.2 Å². The van der Waals surface area contributed by atoms with E-state index in [2.05, 4.69) is 21.2 Å². The maximum Gasteiger partial charge on any atom is 0.244 e. The monoisotopic (exact) mass is 334 g/mol. The predicted octanol–water partition coefficient (Wildman–Crippen LogP) is 1.05. The summed E-state index contributed by atoms with van der Waals surface area (Å²) in [5.41, 5.74) is 9.12. The summed E-state index contributed by atoms with van der Waals surface area (Å²) < 4.78 is 27.8. The standard InChI is InChI=1S/C15H18N4O3S/c16-13(10-7-23(20,21)8-10)15-18-14(19-22-15)12-6-5-9-3-1-2-4-11(9)17-12/h5-6,10,13H,1-4,7-8,16H2. The zero-order valence-corrected chi connectivity index (χ0v) is 13.4. The average molecular weight is 334 g/mol. The van der Waals surface area contributed by atoms with Crippen molar-refractivity contribution in [1.29, 1.82) is 0 Å². The molecule has 1 unspecified atom stereocenters. The van der Waals surface area contributed by atoms with Crippen LogP contribution >= 0.6 is 0 Å². The third-order valence-electron chi connectivity index (χ3n) is 4.58. The lowest BCUT2D eigenvalue weighted by molar-refractivity contribution is 0.318. The Balaban J connectivity index is 1.56. The van der Waals surface area contributed by atoms with Crippen LogP contribution in [0.3, 0.4) is 0 Å². The third-order valence-corrected chi connectivity index (χ3v) is 6.45. The van der Waals surface area contributed by atoms with Crippen LogP contribution in [-0.2, 0) is 22.7 Å². The highest BCUT2D eigenvalue weighted by molar-refractivity contribution is 7.92. The molecule has 0 amide bonds. The van der Waals surface area contributed by atoms with Crippen LogP contribution in [0.1, 0.15) is 36.0 Å². The molecule has 0 saturated carbocycles. The molecule has 0 aromatic carbocycles. The van der Waals surface area contributed by atoms with Crippen LogP contribution in [-0.4, -0.2) is 35.0 Å². The predicted molar refractivity (Wildman–Crippen MR) is 83.2 cm³/mol. The van der Waals surface area contributed by atoms with E-state index in [9.17, 15) is 8.42 Å². The number of fused-ring (bicyclic) bond motifs is 1. The van der Waals surface area contributed by atoms with Gasteiger partial charge in [-0.05, 0) is 37.3 Å². The van der Waals surface area contributed by atoms with Crippen molar-refractivity contribution in [3.63, 3.8) is 0 Å². The molecular formula is C15H18N4O3S. The van der Waals surface area contributed by atoms with Crippen LogP contribution in [0.25, 0.3) is 11.5 Å². The molecule has 4 rings (SSSR count). The lowest BCUT2D eigenvalue weighted by atomic mass is 9.96. The number of nitrogens with zero attached hydrogens (tertiary/aromatic N) is 3. The molecule has 8 heteroatoms. The topological polar surface area (TPSA) is 112 Å². The van der Waals surface area contributed by atoms with E-state index >= 15 is 0 Å². The Bertz CT molecular complexity index is 834. The first-order chi connectivity index (χ1) is 11.0. The normalized spacial score (nSPS) is 21.4. The Morgan fingerprint density at radius 3 is 2.74 bits per heavy atom. The van der Waals surface area contributed by atoms with Crippen molar-refractivity contribution in [3.8, 4) is 11.5 Å². The Hall–Kier alpha value is -1.80. The molecule has 7 nitrogen and oxygen atoms in total. The van der Waals surface area contributed by atoms with Crippen LogP contribution in [0.2, 0.25) is 0 Å². The second-order valence-electron chi connectivity index (χ2n) is 6.33. The highest BCUT2D eigenvalue weighted by Gasteiger charge is 2.40. The summed E-state index contributed by atoms with van der Waals surface area (Å²) in [6, 6.07) is 3.43. The van der Waals surface area contributed by atoms with Gasteiger partial charge in [0.25, 0.3) is 0 Å². The van der Waals surface area contributed by atoms with Gasteiger partial charge in [0.2, 0.25) is 11.7 Å². The fourth-order valence-corrected chi connectivity index (χ4v) is 4.82. The molecule has 1 aliphatic carbocycles. The van der Waals surface area contributed by atoms with Crippen molar-refractivity contribution < 1.29 is 12.9 Å². The molecule has 1 fully saturated rings. The lowest BCUT2D eigenvalue weighted by Crippen LogP contribution is -2.43. The van der Waals surface area contributed by atoms with Crippen LogP contribution in [0.4, 0.5) is 0 Å². The Kier molecular flexibility index (Phi) is 3.46. The zero-order chi connectivity index (χ0) is 16.0. The average Bonchev–Trinajstić information content (AvgIpc) is 3.01. The molecule has 1 atom stereocenters. The van der Waals surface area contributed by atoms with Gasteiger partial charge in [0.1, 0.15) is 5.69 Å². The van der Waals surface area contributed by atoms with Gasteiger partial charge in [0, 0.05) is 11.6 Å². The van der Waals surface area contributed by atoms with E-state index in [-0.39, 0.29) is 23.3 Å². The summed E-state index contributed by atoms with van der Waals surface area (Å²) in [4.78, 5) is 8.96. The first-order valence-corrected chi connectivity index (χ1v) is 9.63. The van der Waals surface area contributed by atoms with E-state index in [0.29, 0.717) is 11.5 Å². The van der Waals surface area contributed by atoms with Gasteiger partial charge in [-0.25, -0.2) is 13.4 Å². The van der Waals surface area contributed by atoms with Gasteiger partial charge in [0.05, 0.1) is 17.5 Å². The smallest absolute Gasteiger partial charge is 0.244 e. The quantitative estimate of drug-likeness (QED) is 0.893. The minimum Gasteiger partial charge on any atom is -0.337 e. The van der Waals surface area contributed by atoms with Gasteiger partial charge in [-0.15, -0.1) is 0 Å². The lowest BCUT2D eigenvalue weighted by Gasteiger charge is -2.28. The molecular weight excluding hydrogens is 316 g/mol. The molecule has 23 heavy (non-hydrogen) atoms. The van der Waals surface area contributed by atoms with Crippen molar-refractivity contribution in [2.45, 2.75) is 31.7 Å². The van der Waals surface area contributed by atoms with Gasteiger partial charge < -0.3 is 10.3 Å². The molecule has 2 aromatic rings. The molecule has 0 bridgehead atoms. The van der Waals surface area contributed by atoms with Crippen molar-refractivity contribution in [1.82, 2.24) is 15.1 Å². The SMILES string of the molecule is NC(c1nc(-c2ccc3c(n2)CCCC3)no1)C1CS(=O)(=O)C1. The molecule has 2 aromatic heterocycles. The first kappa shape index (κ1) is 14.8. The highest BCUT2D eigenvalue weighted by atomic mass is 32.2. The third kappa shape index (κ3) is 2.76. The Morgan fingerprint density at radius 1 is 1.17 bits per heavy atom. The summed E-state index contributed by atoms with van der Waals surface area (Å²) in [7, 11) is -2.92. The largest absolute Gasteiger partial charge is 0.337 e. The minimum absolute atomic E-state index is 0.0863. The number of sulfone groups is 1. The fourth-order valence-electron chi connectivity index (χ4n) is 3.19. The number of aryl methyl sites for hydroxylation is 2. The van der Waals surface area contributed by atoms with Gasteiger partial charge in [-0.2, -0.15) is 4.98 Å². The molecule has 1 aliphatic heterocycles. The number of aromatic nitrogens is 3. The van der Waals surface area contributed by atoms with Crippen LogP contribution in [0.5, 0.6) is 0 Å². The van der Waals surface area contributed by atoms with Crippen molar-refractivity contribution >= 4 is 9.84 Å². The van der Waals surface area contributed by atoms with E-state index < -0.39 is 15.9 Å². The summed E-state index contributed by atoms with van der Waals surface area (Å²) >= 11 is 0. The number of hydrogen-bond acceptors (Lipinski definition) is 7. The van der Waals surface area contributed by atoms with E-state index in [4.69, 9.17) is 10.3 Å². The summed E-state index contributed by atoms with van der Waals surface area (Å²) in [5, 5.41) is 3.96. The molecule has 1 saturated heterocycles. The number of pyridine rings is 1. The van der Waals surface area contributed by atoms with Crippen molar-refractivity contribution in [3.05, 3.63) is 29.3 Å². The summed E-state index contributed by atoms with van der Waals surface area (Å²) in [6.07, 6.45) is 4.41. The number of hydrogen-bond donors (Lipinski definition) is 1. The van der Waals surface area contributed by atoms with E-state index in [1.807, 2.05) is 6.07 Å². The number of rotatable bonds is 3. The Morgan fingerprint density at radius 2 is 1.96 bits per heavy atom. The van der Waals surface area contributed by atoms with E-state index in [1.54, 1.807) is 0 Å². The van der Waals surface area contributed by atoms with E-state index in [0.717, 1.165) is 25.0 Å². The molecule has 0 radical (unpaired) electrons. The second-order valence-corrected chi connectivity index (χ2v) is 8.48. The molecule has 3 heterocycles. The van der Waals surface area contributed by atoms with Gasteiger partial charge in [0.15, 0.2) is 9.84 Å². The maximum absolute atomic E-state index is 11.3. The Labute approximate surface area is 134 Å². The summed E-state index contributed by atoms with van der Waals surface area (Å²) in [6.45, 7) is 0. The highest BCUT2D eigenvalue weighted by Crippen LogP contribution is 2.30. The second kappa shape index (κ2) is 5.38. The van der Waals surface area contributed by atoms with Crippen LogP contribution in [0.15, 0.2) is 16.7 Å². The fraction of sp³-hybridized carbons (Fsp3) is 0.533. The van der Waals surface area contributed by atoms with E-state index in [1.165, 1.54) is 12.0 Å². The molecule has 2 aliphatic rings. The molecule has 2 N–H and O–H groups in total. The van der Waals surface area contributed by atoms with Gasteiger partial charge >= 0.3 is 0 Å². The zero-order valence-electron chi connectivity index (χ0n) is 12.6. The maximum atomic E-state index is 11.3. The van der Waals surface area contributed by atoms with Crippen molar-refractivity contribution in [2.24, 2.45) is 11.7 Å². The minimum atomic E-state index is -2.92.